The molecule has 1 aromatic rings. The van der Waals surface area contributed by atoms with Gasteiger partial charge in [0.15, 0.2) is 0 Å². The van der Waals surface area contributed by atoms with E-state index in [0.29, 0.717) is 6.04 Å². The van der Waals surface area contributed by atoms with E-state index >= 15 is 0 Å². The lowest BCUT2D eigenvalue weighted by Gasteiger charge is -2.30. The van der Waals surface area contributed by atoms with Crippen molar-refractivity contribution < 1.29 is 0 Å². The largest absolute Gasteiger partial charge is 0.353 e. The third kappa shape index (κ3) is 3.74. The van der Waals surface area contributed by atoms with Gasteiger partial charge >= 0.3 is 0 Å². The van der Waals surface area contributed by atoms with Crippen LogP contribution in [0.25, 0.3) is 0 Å². The zero-order valence-corrected chi connectivity index (χ0v) is 12.8. The molecule has 0 aromatic carbocycles. The fourth-order valence-electron chi connectivity index (χ4n) is 3.33. The van der Waals surface area contributed by atoms with Crippen molar-refractivity contribution in [3.05, 3.63) is 11.9 Å². The van der Waals surface area contributed by atoms with E-state index in [0.717, 1.165) is 30.5 Å². The molecular weight excluding hydrogens is 234 g/mol. The molecule has 0 bridgehead atoms. The van der Waals surface area contributed by atoms with E-state index in [4.69, 9.17) is 0 Å². The summed E-state index contributed by atoms with van der Waals surface area (Å²) in [5.74, 6) is 1.92. The highest BCUT2D eigenvalue weighted by atomic mass is 15.2. The van der Waals surface area contributed by atoms with Gasteiger partial charge in [0.25, 0.3) is 0 Å². The molecule has 0 saturated heterocycles. The van der Waals surface area contributed by atoms with Gasteiger partial charge in [-0.2, -0.15) is 0 Å². The second-order valence-electron chi connectivity index (χ2n) is 5.96. The van der Waals surface area contributed by atoms with Gasteiger partial charge in [-0.25, -0.2) is 4.98 Å². The van der Waals surface area contributed by atoms with E-state index in [1.165, 1.54) is 38.5 Å². The maximum Gasteiger partial charge on any atom is 0.203 e. The number of aromatic nitrogens is 2. The smallest absolute Gasteiger partial charge is 0.203 e. The van der Waals surface area contributed by atoms with Crippen LogP contribution in [-0.4, -0.2) is 15.6 Å². The number of hydrogen-bond acceptors (Lipinski definition) is 2. The molecule has 3 nitrogen and oxygen atoms in total. The average molecular weight is 263 g/mol. The van der Waals surface area contributed by atoms with Gasteiger partial charge in [-0.15, -0.1) is 0 Å². The average Bonchev–Trinajstić information content (AvgIpc) is 2.77. The summed E-state index contributed by atoms with van der Waals surface area (Å²) in [7, 11) is 0. The molecule has 1 saturated carbocycles. The Hall–Kier alpha value is -0.990. The van der Waals surface area contributed by atoms with E-state index < -0.39 is 0 Å². The minimum absolute atomic E-state index is 0.595. The highest BCUT2D eigenvalue weighted by Gasteiger charge is 2.23. The molecule has 1 fully saturated rings. The minimum Gasteiger partial charge on any atom is -0.353 e. The first kappa shape index (κ1) is 14.4. The second-order valence-corrected chi connectivity index (χ2v) is 5.96. The standard InChI is InChI=1S/C16H29N3/c1-4-11-19-12-13(3)17-16(19)18-15(5-2)14-9-7-6-8-10-14/h12,14-15H,4-11H2,1-3H3,(H,17,18). The molecule has 1 aliphatic rings. The predicted molar refractivity (Wildman–Crippen MR) is 81.5 cm³/mol. The SMILES string of the molecule is CCCn1cc(C)nc1NC(CC)C1CCCCC1. The molecule has 1 aromatic heterocycles. The van der Waals surface area contributed by atoms with Crippen molar-refractivity contribution in [1.29, 1.82) is 0 Å². The lowest BCUT2D eigenvalue weighted by molar-refractivity contribution is 0.311. The molecule has 1 unspecified atom stereocenters. The molecule has 108 valence electrons. The maximum absolute atomic E-state index is 4.66. The van der Waals surface area contributed by atoms with Gasteiger partial charge in [-0.1, -0.05) is 33.1 Å². The van der Waals surface area contributed by atoms with E-state index in [9.17, 15) is 0 Å². The monoisotopic (exact) mass is 263 g/mol. The normalized spacial score (nSPS) is 18.5. The van der Waals surface area contributed by atoms with E-state index in [-0.39, 0.29) is 0 Å². The van der Waals surface area contributed by atoms with Crippen LogP contribution in [0.15, 0.2) is 6.20 Å². The molecule has 1 heterocycles. The van der Waals surface area contributed by atoms with Crippen molar-refractivity contribution in [2.75, 3.05) is 5.32 Å². The van der Waals surface area contributed by atoms with Crippen molar-refractivity contribution in [3.63, 3.8) is 0 Å². The summed E-state index contributed by atoms with van der Waals surface area (Å²) in [6.07, 6.45) is 11.5. The molecule has 19 heavy (non-hydrogen) atoms. The summed E-state index contributed by atoms with van der Waals surface area (Å²) in [6.45, 7) is 7.66. The first-order valence-corrected chi connectivity index (χ1v) is 8.04. The number of rotatable bonds is 6. The summed E-state index contributed by atoms with van der Waals surface area (Å²) in [5, 5.41) is 3.72. The highest BCUT2D eigenvalue weighted by molar-refractivity contribution is 5.30. The van der Waals surface area contributed by atoms with Gasteiger partial charge in [0.1, 0.15) is 0 Å². The number of aryl methyl sites for hydroxylation is 2. The van der Waals surface area contributed by atoms with Crippen molar-refractivity contribution in [2.24, 2.45) is 5.92 Å². The first-order chi connectivity index (χ1) is 9.24. The fraction of sp³-hybridized carbons (Fsp3) is 0.812. The molecule has 1 N–H and O–H groups in total. The van der Waals surface area contributed by atoms with Crippen LogP contribution >= 0.6 is 0 Å². The summed E-state index contributed by atoms with van der Waals surface area (Å²) in [4.78, 5) is 4.66. The predicted octanol–water partition coefficient (Wildman–Crippen LogP) is 4.37. The number of imidazole rings is 1. The summed E-state index contributed by atoms with van der Waals surface area (Å²) < 4.78 is 2.28. The molecule has 3 heteroatoms. The van der Waals surface area contributed by atoms with Gasteiger partial charge < -0.3 is 9.88 Å². The van der Waals surface area contributed by atoms with Gasteiger partial charge in [0.05, 0.1) is 5.69 Å². The molecule has 0 radical (unpaired) electrons. The number of hydrogen-bond donors (Lipinski definition) is 1. The van der Waals surface area contributed by atoms with Crippen LogP contribution in [0.2, 0.25) is 0 Å². The third-order valence-corrected chi connectivity index (χ3v) is 4.33. The van der Waals surface area contributed by atoms with Crippen LogP contribution in [0.1, 0.15) is 64.5 Å². The highest BCUT2D eigenvalue weighted by Crippen LogP contribution is 2.29. The Morgan fingerprint density at radius 3 is 2.68 bits per heavy atom. The topological polar surface area (TPSA) is 29.9 Å². The van der Waals surface area contributed by atoms with Crippen LogP contribution in [-0.2, 0) is 6.54 Å². The van der Waals surface area contributed by atoms with Crippen molar-refractivity contribution in [2.45, 2.75) is 78.3 Å². The van der Waals surface area contributed by atoms with Crippen molar-refractivity contribution >= 4 is 5.95 Å². The zero-order valence-electron chi connectivity index (χ0n) is 12.8. The lowest BCUT2D eigenvalue weighted by Crippen LogP contribution is -2.31. The Bertz CT molecular complexity index is 377. The molecular formula is C16H29N3. The van der Waals surface area contributed by atoms with Gasteiger partial charge in [0, 0.05) is 18.8 Å². The quantitative estimate of drug-likeness (QED) is 0.825. The molecule has 0 aliphatic heterocycles. The summed E-state index contributed by atoms with van der Waals surface area (Å²) in [6, 6.07) is 0.595. The minimum atomic E-state index is 0.595. The van der Waals surface area contributed by atoms with Gasteiger partial charge in [-0.3, -0.25) is 0 Å². The third-order valence-electron chi connectivity index (χ3n) is 4.33. The lowest BCUT2D eigenvalue weighted by atomic mass is 9.83. The van der Waals surface area contributed by atoms with Crippen LogP contribution in [0.3, 0.4) is 0 Å². The number of nitrogens with one attached hydrogen (secondary N) is 1. The maximum atomic E-state index is 4.66. The fourth-order valence-corrected chi connectivity index (χ4v) is 3.33. The zero-order chi connectivity index (χ0) is 13.7. The van der Waals surface area contributed by atoms with E-state index in [1.54, 1.807) is 0 Å². The summed E-state index contributed by atoms with van der Waals surface area (Å²) in [5.41, 5.74) is 1.12. The summed E-state index contributed by atoms with van der Waals surface area (Å²) >= 11 is 0. The molecule has 2 rings (SSSR count). The molecule has 1 atom stereocenters. The van der Waals surface area contributed by atoms with Gasteiger partial charge in [-0.05, 0) is 38.5 Å². The van der Waals surface area contributed by atoms with Crippen LogP contribution in [0.4, 0.5) is 5.95 Å². The van der Waals surface area contributed by atoms with Crippen LogP contribution in [0, 0.1) is 12.8 Å². The van der Waals surface area contributed by atoms with E-state index in [1.807, 2.05) is 0 Å². The Morgan fingerprint density at radius 1 is 1.32 bits per heavy atom. The van der Waals surface area contributed by atoms with Crippen molar-refractivity contribution in [3.8, 4) is 0 Å². The van der Waals surface area contributed by atoms with Crippen LogP contribution < -0.4 is 5.32 Å². The van der Waals surface area contributed by atoms with E-state index in [2.05, 4.69) is 41.8 Å². The van der Waals surface area contributed by atoms with Gasteiger partial charge in [0.2, 0.25) is 5.95 Å². The molecule has 0 spiro atoms. The number of anilines is 1. The van der Waals surface area contributed by atoms with Crippen LogP contribution in [0.5, 0.6) is 0 Å². The number of nitrogens with zero attached hydrogens (tertiary/aromatic N) is 2. The Kier molecular flexibility index (Phi) is 5.29. The molecule has 0 amide bonds. The molecule has 1 aliphatic carbocycles. The Balaban J connectivity index is 2.04. The Morgan fingerprint density at radius 2 is 2.05 bits per heavy atom. The Labute approximate surface area is 117 Å². The second kappa shape index (κ2) is 6.97. The van der Waals surface area contributed by atoms with Crippen molar-refractivity contribution in [1.82, 2.24) is 9.55 Å². The first-order valence-electron chi connectivity index (χ1n) is 8.04.